The summed E-state index contributed by atoms with van der Waals surface area (Å²) in [7, 11) is 0. The van der Waals surface area contributed by atoms with Crippen LogP contribution in [0.5, 0.6) is 5.75 Å². The number of nitrogens with one attached hydrogen (secondary N) is 1. The Morgan fingerprint density at radius 1 is 1.69 bits per heavy atom. The molecule has 0 fully saturated rings. The fourth-order valence-corrected chi connectivity index (χ4v) is 1.25. The number of rotatable bonds is 3. The molecule has 1 unspecified atom stereocenters. The van der Waals surface area contributed by atoms with E-state index in [1.165, 1.54) is 18.2 Å². The number of carbonyl (C=O) groups excluding carboxylic acids is 1. The smallest absolute Gasteiger partial charge is 0.255 e. The van der Waals surface area contributed by atoms with Gasteiger partial charge in [-0.1, -0.05) is 11.6 Å². The molecular weight excluding hydrogens is 228 g/mol. The van der Waals surface area contributed by atoms with Crippen molar-refractivity contribution in [2.45, 2.75) is 6.92 Å². The van der Waals surface area contributed by atoms with Crippen molar-refractivity contribution < 1.29 is 9.90 Å². The lowest BCUT2D eigenvalue weighted by atomic mass is 10.1. The van der Waals surface area contributed by atoms with E-state index >= 15 is 0 Å². The summed E-state index contributed by atoms with van der Waals surface area (Å²) in [4.78, 5) is 11.6. The molecule has 0 radical (unpaired) electrons. The lowest BCUT2D eigenvalue weighted by molar-refractivity contribution is 0.0948. The Morgan fingerprint density at radius 2 is 2.38 bits per heavy atom. The van der Waals surface area contributed by atoms with Crippen LogP contribution < -0.4 is 5.32 Å². The molecule has 1 amide bonds. The lowest BCUT2D eigenvalue weighted by Crippen LogP contribution is -2.27. The zero-order valence-electron chi connectivity index (χ0n) is 8.70. The molecule has 1 rings (SSSR count). The largest absolute Gasteiger partial charge is 0.507 e. The zero-order valence-corrected chi connectivity index (χ0v) is 9.45. The fourth-order valence-electron chi connectivity index (χ4n) is 1.08. The van der Waals surface area contributed by atoms with Gasteiger partial charge in [0, 0.05) is 11.6 Å². The van der Waals surface area contributed by atoms with Crippen molar-refractivity contribution in [3.05, 3.63) is 28.8 Å². The van der Waals surface area contributed by atoms with Crippen LogP contribution >= 0.6 is 11.6 Å². The maximum absolute atomic E-state index is 11.6. The third-order valence-corrected chi connectivity index (χ3v) is 2.23. The van der Waals surface area contributed by atoms with E-state index in [4.69, 9.17) is 16.9 Å². The number of phenols is 1. The van der Waals surface area contributed by atoms with Crippen molar-refractivity contribution in [1.82, 2.24) is 5.32 Å². The second-order valence-electron chi connectivity index (χ2n) is 3.40. The van der Waals surface area contributed by atoms with Crippen LogP contribution in [0.4, 0.5) is 0 Å². The van der Waals surface area contributed by atoms with Crippen LogP contribution in [0.2, 0.25) is 5.02 Å². The molecule has 0 saturated carbocycles. The molecule has 1 aromatic rings. The Labute approximate surface area is 98.5 Å². The summed E-state index contributed by atoms with van der Waals surface area (Å²) in [5.74, 6) is -0.857. The normalized spacial score (nSPS) is 11.6. The van der Waals surface area contributed by atoms with Gasteiger partial charge in [0.2, 0.25) is 0 Å². The summed E-state index contributed by atoms with van der Waals surface area (Å²) in [5, 5.41) is 20.9. The van der Waals surface area contributed by atoms with Gasteiger partial charge in [0.05, 0.1) is 17.6 Å². The molecule has 0 aliphatic carbocycles. The van der Waals surface area contributed by atoms with Gasteiger partial charge in [-0.2, -0.15) is 5.26 Å². The lowest BCUT2D eigenvalue weighted by Gasteiger charge is -2.07. The minimum Gasteiger partial charge on any atom is -0.507 e. The monoisotopic (exact) mass is 238 g/mol. The topological polar surface area (TPSA) is 73.1 Å². The molecule has 1 aromatic carbocycles. The minimum absolute atomic E-state index is 0.148. The van der Waals surface area contributed by atoms with Crippen LogP contribution in [-0.2, 0) is 0 Å². The van der Waals surface area contributed by atoms with E-state index in [2.05, 4.69) is 5.32 Å². The summed E-state index contributed by atoms with van der Waals surface area (Å²) in [6, 6.07) is 6.25. The van der Waals surface area contributed by atoms with Crippen molar-refractivity contribution in [2.24, 2.45) is 5.92 Å². The first kappa shape index (κ1) is 12.3. The number of nitrogens with zero attached hydrogens (tertiary/aromatic N) is 1. The highest BCUT2D eigenvalue weighted by Gasteiger charge is 2.11. The first-order chi connectivity index (χ1) is 7.54. The van der Waals surface area contributed by atoms with Crippen molar-refractivity contribution in [3.63, 3.8) is 0 Å². The molecule has 0 aromatic heterocycles. The molecule has 0 aliphatic heterocycles. The third kappa shape index (κ3) is 3.14. The van der Waals surface area contributed by atoms with Crippen LogP contribution in [0.15, 0.2) is 18.2 Å². The second kappa shape index (κ2) is 5.38. The number of amides is 1. The average Bonchev–Trinajstić information content (AvgIpc) is 2.25. The maximum atomic E-state index is 11.6. The molecule has 0 heterocycles. The molecule has 2 N–H and O–H groups in total. The molecule has 0 bridgehead atoms. The first-order valence-electron chi connectivity index (χ1n) is 4.71. The Morgan fingerprint density at radius 3 is 2.94 bits per heavy atom. The number of benzene rings is 1. The van der Waals surface area contributed by atoms with E-state index in [9.17, 15) is 9.90 Å². The van der Waals surface area contributed by atoms with Gasteiger partial charge < -0.3 is 10.4 Å². The number of nitriles is 1. The van der Waals surface area contributed by atoms with Crippen LogP contribution in [0.1, 0.15) is 17.3 Å². The molecule has 1 atom stereocenters. The van der Waals surface area contributed by atoms with E-state index in [1.807, 2.05) is 6.07 Å². The Kier molecular flexibility index (Phi) is 4.15. The van der Waals surface area contributed by atoms with Gasteiger partial charge in [0.15, 0.2) is 0 Å². The highest BCUT2D eigenvalue weighted by atomic mass is 35.5. The number of carbonyl (C=O) groups is 1. The number of aromatic hydroxyl groups is 1. The molecule has 4 nitrogen and oxygen atoms in total. The van der Waals surface area contributed by atoms with E-state index in [-0.39, 0.29) is 23.8 Å². The van der Waals surface area contributed by atoms with Gasteiger partial charge >= 0.3 is 0 Å². The van der Waals surface area contributed by atoms with E-state index in [0.717, 1.165) is 0 Å². The standard InChI is InChI=1S/C11H11ClN2O2/c1-7(5-13)6-14-11(16)9-3-2-8(12)4-10(9)15/h2-4,7,15H,6H2,1H3,(H,14,16). The number of halogens is 1. The van der Waals surface area contributed by atoms with Crippen LogP contribution in [0, 0.1) is 17.2 Å². The second-order valence-corrected chi connectivity index (χ2v) is 3.84. The molecular formula is C11H11ClN2O2. The third-order valence-electron chi connectivity index (χ3n) is 1.99. The highest BCUT2D eigenvalue weighted by Crippen LogP contribution is 2.21. The maximum Gasteiger partial charge on any atom is 0.255 e. The number of hydrogen-bond donors (Lipinski definition) is 2. The Balaban J connectivity index is 2.71. The summed E-state index contributed by atoms with van der Waals surface area (Å²) >= 11 is 5.64. The average molecular weight is 239 g/mol. The molecule has 0 aliphatic rings. The van der Waals surface area contributed by atoms with Gasteiger partial charge in [-0.05, 0) is 25.1 Å². The summed E-state index contributed by atoms with van der Waals surface area (Å²) in [5.41, 5.74) is 0.148. The van der Waals surface area contributed by atoms with Gasteiger partial charge in [-0.25, -0.2) is 0 Å². The molecule has 84 valence electrons. The molecule has 0 saturated heterocycles. The van der Waals surface area contributed by atoms with E-state index < -0.39 is 5.91 Å². The van der Waals surface area contributed by atoms with Crippen molar-refractivity contribution in [3.8, 4) is 11.8 Å². The van der Waals surface area contributed by atoms with E-state index in [1.54, 1.807) is 6.92 Å². The van der Waals surface area contributed by atoms with Crippen LogP contribution in [-0.4, -0.2) is 17.6 Å². The summed E-state index contributed by atoms with van der Waals surface area (Å²) < 4.78 is 0. The van der Waals surface area contributed by atoms with Gasteiger partial charge in [0.1, 0.15) is 5.75 Å². The molecule has 0 spiro atoms. The van der Waals surface area contributed by atoms with Gasteiger partial charge in [-0.3, -0.25) is 4.79 Å². The van der Waals surface area contributed by atoms with Crippen molar-refractivity contribution in [2.75, 3.05) is 6.54 Å². The summed E-state index contributed by atoms with van der Waals surface area (Å²) in [6.45, 7) is 1.94. The highest BCUT2D eigenvalue weighted by molar-refractivity contribution is 6.30. The van der Waals surface area contributed by atoms with Crippen molar-refractivity contribution >= 4 is 17.5 Å². The predicted octanol–water partition coefficient (Wildman–Crippen LogP) is 1.94. The van der Waals surface area contributed by atoms with Crippen molar-refractivity contribution in [1.29, 1.82) is 5.26 Å². The SMILES string of the molecule is CC(C#N)CNC(=O)c1ccc(Cl)cc1O. The predicted molar refractivity (Wildman–Crippen MR) is 60.2 cm³/mol. The zero-order chi connectivity index (χ0) is 12.1. The minimum atomic E-state index is -0.420. The molecule has 5 heteroatoms. The Bertz CT molecular complexity index is 440. The first-order valence-corrected chi connectivity index (χ1v) is 5.08. The number of hydrogen-bond acceptors (Lipinski definition) is 3. The Hall–Kier alpha value is -1.73. The van der Waals surface area contributed by atoms with Crippen LogP contribution in [0.25, 0.3) is 0 Å². The fraction of sp³-hybridized carbons (Fsp3) is 0.273. The molecule has 16 heavy (non-hydrogen) atoms. The van der Waals surface area contributed by atoms with Gasteiger partial charge in [0.25, 0.3) is 5.91 Å². The van der Waals surface area contributed by atoms with Gasteiger partial charge in [-0.15, -0.1) is 0 Å². The quantitative estimate of drug-likeness (QED) is 0.845. The van der Waals surface area contributed by atoms with E-state index in [0.29, 0.717) is 5.02 Å². The van der Waals surface area contributed by atoms with Crippen LogP contribution in [0.3, 0.4) is 0 Å². The number of phenolic OH excluding ortho intramolecular Hbond substituents is 1. The summed E-state index contributed by atoms with van der Waals surface area (Å²) in [6.07, 6.45) is 0.